The predicted octanol–water partition coefficient (Wildman–Crippen LogP) is 9.59. The lowest BCUT2D eigenvalue weighted by Gasteiger charge is -2.37. The van der Waals surface area contributed by atoms with Crippen molar-refractivity contribution in [3.63, 3.8) is 0 Å². The van der Waals surface area contributed by atoms with Crippen molar-refractivity contribution in [1.82, 2.24) is 30.1 Å². The van der Waals surface area contributed by atoms with E-state index in [9.17, 15) is 14.7 Å². The molecule has 9 rings (SSSR count). The Labute approximate surface area is 372 Å². The van der Waals surface area contributed by atoms with E-state index in [1.165, 1.54) is 33.4 Å². The van der Waals surface area contributed by atoms with Gasteiger partial charge in [-0.1, -0.05) is 35.3 Å². The maximum atomic E-state index is 12.8. The second-order valence-corrected chi connectivity index (χ2v) is 18.6. The number of carbonyl (C=O) groups excluding carboxylic acids is 1. The Hall–Kier alpha value is -3.71. The van der Waals surface area contributed by atoms with E-state index in [2.05, 4.69) is 88.4 Å². The summed E-state index contributed by atoms with van der Waals surface area (Å²) in [5, 5.41) is 13.9. The number of amides is 1. The van der Waals surface area contributed by atoms with Crippen LogP contribution in [-0.2, 0) is 41.8 Å². The Balaban J connectivity index is 0.000000169. The van der Waals surface area contributed by atoms with E-state index < -0.39 is 5.97 Å². The average Bonchev–Trinajstić information content (AvgIpc) is 3.50. The van der Waals surface area contributed by atoms with Crippen LogP contribution < -0.4 is 5.32 Å². The van der Waals surface area contributed by atoms with E-state index in [0.29, 0.717) is 19.4 Å². The van der Waals surface area contributed by atoms with Crippen molar-refractivity contribution < 1.29 is 14.7 Å². The number of carboxylic acid groups (broad SMARTS) is 1. The number of halogens is 4. The molecular weight excluding hydrogens is 915 g/mol. The van der Waals surface area contributed by atoms with E-state index in [4.69, 9.17) is 33.2 Å². The molecule has 13 heteroatoms. The highest BCUT2D eigenvalue weighted by molar-refractivity contribution is 9.10. The van der Waals surface area contributed by atoms with Crippen LogP contribution in [0.3, 0.4) is 0 Å². The molecule has 2 N–H and O–H groups in total. The largest absolute Gasteiger partial charge is 0.481 e. The third kappa shape index (κ3) is 9.77. The lowest BCUT2D eigenvalue weighted by atomic mass is 9.91. The van der Waals surface area contributed by atoms with E-state index >= 15 is 0 Å². The topological polar surface area (TPSA) is 112 Å². The van der Waals surface area contributed by atoms with Crippen LogP contribution >= 0.6 is 55.1 Å². The molecule has 2 aliphatic carbocycles. The fourth-order valence-corrected chi connectivity index (χ4v) is 10.4. The van der Waals surface area contributed by atoms with Crippen LogP contribution in [0.1, 0.15) is 88.1 Å². The number of aromatic nitrogens is 3. The van der Waals surface area contributed by atoms with Crippen molar-refractivity contribution in [2.24, 2.45) is 11.8 Å². The Morgan fingerprint density at radius 2 is 1.12 bits per heavy atom. The minimum absolute atomic E-state index is 0.0379. The molecule has 3 aromatic heterocycles. The summed E-state index contributed by atoms with van der Waals surface area (Å²) < 4.78 is 2.00. The third-order valence-corrected chi connectivity index (χ3v) is 13.6. The molecule has 306 valence electrons. The van der Waals surface area contributed by atoms with Gasteiger partial charge in [-0.2, -0.15) is 0 Å². The number of carboxylic acids is 1. The zero-order valence-electron chi connectivity index (χ0n) is 32.6. The minimum Gasteiger partial charge on any atom is -0.481 e. The Morgan fingerprint density at radius 3 is 1.59 bits per heavy atom. The standard InChI is InChI=1S/C26H26BrClN4O.C20H20BrClN2O2/c27-21-13-20-2-1-19-14-22(28)3-4-23(19)25(24(20)30-16-21)32-11-7-18(8-12-32)26(33)31-15-17-5-9-29-10-6-17;21-15-9-14-2-1-13-10-16(22)3-4-17(13)19(18(14)23-11-15)24-7-5-12(6-8-24)20(25)26/h3-6,9-10,13-14,16,18,25H,1-2,7-8,11-12,15H2,(H,31,33);3-4,9-12,19H,1-2,5-8H2,(H,25,26). The van der Waals surface area contributed by atoms with Gasteiger partial charge >= 0.3 is 5.97 Å². The number of nitrogens with zero attached hydrogens (tertiary/aromatic N) is 5. The SMILES string of the molecule is O=C(NCc1ccncc1)C1CCN(C2c3ccc(Cl)cc3CCc3cc(Br)cnc32)CC1.O=C(O)C1CCN(C2c3ccc(Cl)cc3CCc3cc(Br)cnc32)CC1. The number of benzene rings is 2. The zero-order valence-corrected chi connectivity index (χ0v) is 37.3. The van der Waals surface area contributed by atoms with Crippen LogP contribution in [0, 0.1) is 11.8 Å². The molecule has 2 unspecified atom stereocenters. The number of carbonyl (C=O) groups is 2. The number of piperidine rings is 2. The number of hydrogen-bond acceptors (Lipinski definition) is 7. The molecule has 5 heterocycles. The highest BCUT2D eigenvalue weighted by atomic mass is 79.9. The lowest BCUT2D eigenvalue weighted by Crippen LogP contribution is -2.42. The summed E-state index contributed by atoms with van der Waals surface area (Å²) in [6, 6.07) is 20.7. The number of rotatable bonds is 6. The molecule has 2 aliphatic heterocycles. The minimum atomic E-state index is -0.680. The van der Waals surface area contributed by atoms with Crippen LogP contribution in [0.4, 0.5) is 0 Å². The van der Waals surface area contributed by atoms with Crippen LogP contribution in [0.5, 0.6) is 0 Å². The number of aryl methyl sites for hydroxylation is 4. The van der Waals surface area contributed by atoms with Crippen LogP contribution in [-0.4, -0.2) is 67.9 Å². The van der Waals surface area contributed by atoms with Crippen molar-refractivity contribution >= 4 is 66.9 Å². The van der Waals surface area contributed by atoms with Crippen molar-refractivity contribution in [3.8, 4) is 0 Å². The summed E-state index contributed by atoms with van der Waals surface area (Å²) in [7, 11) is 0. The van der Waals surface area contributed by atoms with Gasteiger partial charge in [0.15, 0.2) is 0 Å². The number of nitrogens with one attached hydrogen (secondary N) is 1. The fourth-order valence-electron chi connectivity index (χ4n) is 9.22. The quantitative estimate of drug-likeness (QED) is 0.173. The predicted molar refractivity (Wildman–Crippen MR) is 238 cm³/mol. The van der Waals surface area contributed by atoms with Gasteiger partial charge in [0.2, 0.25) is 5.91 Å². The number of likely N-dealkylation sites (tertiary alicyclic amines) is 2. The fraction of sp³-hybridized carbons (Fsp3) is 0.370. The first-order chi connectivity index (χ1) is 28.6. The second kappa shape index (κ2) is 18.9. The highest BCUT2D eigenvalue weighted by Gasteiger charge is 2.36. The van der Waals surface area contributed by atoms with Gasteiger partial charge in [-0.3, -0.25) is 34.3 Å². The molecule has 0 bridgehead atoms. The Kier molecular flexibility index (Phi) is 13.5. The van der Waals surface area contributed by atoms with Gasteiger partial charge in [-0.15, -0.1) is 0 Å². The van der Waals surface area contributed by atoms with E-state index in [1.54, 1.807) is 12.4 Å². The number of fused-ring (bicyclic) bond motifs is 4. The molecule has 4 aliphatic rings. The van der Waals surface area contributed by atoms with Gasteiger partial charge in [0.25, 0.3) is 0 Å². The summed E-state index contributed by atoms with van der Waals surface area (Å²) in [5.74, 6) is -0.739. The maximum Gasteiger partial charge on any atom is 0.306 e. The molecule has 2 saturated heterocycles. The molecule has 0 saturated carbocycles. The van der Waals surface area contributed by atoms with Crippen LogP contribution in [0.2, 0.25) is 10.0 Å². The van der Waals surface area contributed by atoms with Crippen molar-refractivity contribution in [3.05, 3.63) is 155 Å². The van der Waals surface area contributed by atoms with Gasteiger partial charge < -0.3 is 10.4 Å². The molecule has 2 atom stereocenters. The number of hydrogen-bond donors (Lipinski definition) is 2. The monoisotopic (exact) mass is 958 g/mol. The third-order valence-electron chi connectivity index (χ3n) is 12.3. The smallest absolute Gasteiger partial charge is 0.306 e. The lowest BCUT2D eigenvalue weighted by molar-refractivity contribution is -0.143. The molecule has 2 aromatic carbocycles. The molecule has 1 amide bonds. The number of pyridine rings is 3. The molecule has 0 spiro atoms. The van der Waals surface area contributed by atoms with Gasteiger partial charge in [0, 0.05) is 56.2 Å². The normalized spacial score (nSPS) is 19.7. The number of aliphatic carboxylic acids is 1. The van der Waals surface area contributed by atoms with Crippen molar-refractivity contribution in [2.75, 3.05) is 26.2 Å². The first-order valence-corrected chi connectivity index (χ1v) is 22.7. The molecule has 59 heavy (non-hydrogen) atoms. The second-order valence-electron chi connectivity index (χ2n) is 15.9. The van der Waals surface area contributed by atoms with Gasteiger partial charge in [-0.25, -0.2) is 0 Å². The molecule has 0 radical (unpaired) electrons. The van der Waals surface area contributed by atoms with Gasteiger partial charge in [0.05, 0.1) is 29.4 Å². The van der Waals surface area contributed by atoms with Crippen molar-refractivity contribution in [1.29, 1.82) is 0 Å². The van der Waals surface area contributed by atoms with E-state index in [0.717, 1.165) is 101 Å². The first-order valence-electron chi connectivity index (χ1n) is 20.3. The molecule has 5 aromatic rings. The first kappa shape index (κ1) is 42.0. The maximum absolute atomic E-state index is 12.8. The van der Waals surface area contributed by atoms with Crippen molar-refractivity contribution in [2.45, 2.75) is 70.0 Å². The Bertz CT molecular complexity index is 2210. The average molecular weight is 962 g/mol. The summed E-state index contributed by atoms with van der Waals surface area (Å²) in [4.78, 5) is 42.7. The summed E-state index contributed by atoms with van der Waals surface area (Å²) in [6.07, 6.45) is 14.1. The van der Waals surface area contributed by atoms with Gasteiger partial charge in [0.1, 0.15) is 0 Å². The van der Waals surface area contributed by atoms with E-state index in [1.807, 2.05) is 36.7 Å². The van der Waals surface area contributed by atoms with E-state index in [-0.39, 0.29) is 29.8 Å². The van der Waals surface area contributed by atoms with Crippen LogP contribution in [0.15, 0.2) is 94.4 Å². The van der Waals surface area contributed by atoms with Crippen LogP contribution in [0.25, 0.3) is 0 Å². The zero-order chi connectivity index (χ0) is 41.0. The van der Waals surface area contributed by atoms with Gasteiger partial charge in [-0.05, 0) is 197 Å². The summed E-state index contributed by atoms with van der Waals surface area (Å²) >= 11 is 19.7. The summed E-state index contributed by atoms with van der Waals surface area (Å²) in [5.41, 5.74) is 10.9. The molecule has 9 nitrogen and oxygen atoms in total. The molecular formula is C46H46Br2Cl2N6O3. The summed E-state index contributed by atoms with van der Waals surface area (Å²) in [6.45, 7) is 3.79. The molecule has 2 fully saturated rings. The highest BCUT2D eigenvalue weighted by Crippen LogP contribution is 2.41. The Morgan fingerprint density at radius 1 is 0.661 bits per heavy atom.